The molecular weight excluding hydrogens is 264 g/mol. The van der Waals surface area contributed by atoms with Crippen LogP contribution in [-0.2, 0) is 4.79 Å². The van der Waals surface area contributed by atoms with Gasteiger partial charge in [-0.15, -0.1) is 0 Å². The summed E-state index contributed by atoms with van der Waals surface area (Å²) in [5.74, 6) is -1.96. The van der Waals surface area contributed by atoms with Crippen LogP contribution in [0.4, 0.5) is 8.78 Å². The summed E-state index contributed by atoms with van der Waals surface area (Å²) in [7, 11) is 0. The fourth-order valence-electron chi connectivity index (χ4n) is 2.23. The second kappa shape index (κ2) is 6.79. The van der Waals surface area contributed by atoms with Gasteiger partial charge in [-0.05, 0) is 44.9 Å². The molecule has 0 aliphatic rings. The number of aryl methyl sites for hydroxylation is 1. The van der Waals surface area contributed by atoms with E-state index in [1.165, 1.54) is 6.92 Å². The zero-order valence-electron chi connectivity index (χ0n) is 12.3. The number of carboxylic acids is 1. The van der Waals surface area contributed by atoms with Crippen LogP contribution in [0.25, 0.3) is 0 Å². The lowest BCUT2D eigenvalue weighted by atomic mass is 10.0. The van der Waals surface area contributed by atoms with Gasteiger partial charge < -0.3 is 5.11 Å². The van der Waals surface area contributed by atoms with Crippen molar-refractivity contribution in [2.45, 2.75) is 46.2 Å². The molecule has 0 bridgehead atoms. The largest absolute Gasteiger partial charge is 0.480 e. The number of aliphatic carboxylic acids is 1. The van der Waals surface area contributed by atoms with Crippen LogP contribution >= 0.6 is 0 Å². The number of benzene rings is 1. The van der Waals surface area contributed by atoms with Crippen molar-refractivity contribution in [1.82, 2.24) is 4.90 Å². The molecule has 0 saturated heterocycles. The monoisotopic (exact) mass is 285 g/mol. The standard InChI is InChI=1S/C15H21F2NO2/c1-5-10(3)18(8-15(19)20)11(4)12-7-13(16)9(2)6-14(12)17/h6-7,10-11H,5,8H2,1-4H3,(H,19,20). The maximum absolute atomic E-state index is 14.0. The second-order valence-corrected chi connectivity index (χ2v) is 5.12. The van der Waals surface area contributed by atoms with Gasteiger partial charge in [0, 0.05) is 17.6 Å². The van der Waals surface area contributed by atoms with Crippen molar-refractivity contribution < 1.29 is 18.7 Å². The van der Waals surface area contributed by atoms with Gasteiger partial charge in [0.05, 0.1) is 6.54 Å². The predicted molar refractivity (Wildman–Crippen MR) is 73.6 cm³/mol. The van der Waals surface area contributed by atoms with Crippen LogP contribution in [0, 0.1) is 18.6 Å². The maximum atomic E-state index is 14.0. The van der Waals surface area contributed by atoms with Crippen LogP contribution in [0.3, 0.4) is 0 Å². The second-order valence-electron chi connectivity index (χ2n) is 5.12. The number of rotatable bonds is 6. The Kier molecular flexibility index (Phi) is 5.62. The molecule has 0 aliphatic carbocycles. The zero-order chi connectivity index (χ0) is 15.4. The van der Waals surface area contributed by atoms with E-state index >= 15 is 0 Å². The van der Waals surface area contributed by atoms with Gasteiger partial charge in [-0.1, -0.05) is 6.92 Å². The molecule has 112 valence electrons. The summed E-state index contributed by atoms with van der Waals surface area (Å²) in [6, 6.07) is 1.77. The van der Waals surface area contributed by atoms with Crippen LogP contribution in [-0.4, -0.2) is 28.6 Å². The summed E-state index contributed by atoms with van der Waals surface area (Å²) >= 11 is 0. The minimum atomic E-state index is -0.981. The van der Waals surface area contributed by atoms with Crippen molar-refractivity contribution in [1.29, 1.82) is 0 Å². The topological polar surface area (TPSA) is 40.5 Å². The third-order valence-corrected chi connectivity index (χ3v) is 3.70. The maximum Gasteiger partial charge on any atom is 0.317 e. The summed E-state index contributed by atoms with van der Waals surface area (Å²) in [5, 5.41) is 8.98. The Bertz CT molecular complexity index is 491. The molecule has 0 aliphatic heterocycles. The Morgan fingerprint density at radius 1 is 1.30 bits per heavy atom. The van der Waals surface area contributed by atoms with E-state index in [9.17, 15) is 13.6 Å². The molecule has 0 amide bonds. The molecule has 20 heavy (non-hydrogen) atoms. The van der Waals surface area contributed by atoms with Crippen molar-refractivity contribution in [2.24, 2.45) is 0 Å². The Morgan fingerprint density at radius 2 is 1.90 bits per heavy atom. The van der Waals surface area contributed by atoms with Gasteiger partial charge in [0.1, 0.15) is 11.6 Å². The molecule has 1 rings (SSSR count). The first-order chi connectivity index (χ1) is 9.27. The normalized spacial score (nSPS) is 14.3. The highest BCUT2D eigenvalue weighted by molar-refractivity contribution is 5.69. The Balaban J connectivity index is 3.14. The molecule has 1 N–H and O–H groups in total. The van der Waals surface area contributed by atoms with Gasteiger partial charge in [-0.3, -0.25) is 9.69 Å². The van der Waals surface area contributed by atoms with Crippen LogP contribution in [0.2, 0.25) is 0 Å². The van der Waals surface area contributed by atoms with Crippen molar-refractivity contribution in [3.8, 4) is 0 Å². The van der Waals surface area contributed by atoms with Crippen molar-refractivity contribution in [3.63, 3.8) is 0 Å². The van der Waals surface area contributed by atoms with Crippen LogP contribution in [0.15, 0.2) is 12.1 Å². The minimum absolute atomic E-state index is 0.0372. The number of hydrogen-bond donors (Lipinski definition) is 1. The molecule has 0 radical (unpaired) electrons. The third-order valence-electron chi connectivity index (χ3n) is 3.70. The molecule has 2 unspecified atom stereocenters. The molecular formula is C15H21F2NO2. The SMILES string of the molecule is CCC(C)N(CC(=O)O)C(C)c1cc(F)c(C)cc1F. The van der Waals surface area contributed by atoms with E-state index in [1.807, 2.05) is 13.8 Å². The minimum Gasteiger partial charge on any atom is -0.480 e. The van der Waals surface area contributed by atoms with E-state index in [4.69, 9.17) is 5.11 Å². The number of nitrogens with zero attached hydrogens (tertiary/aromatic N) is 1. The molecule has 1 aromatic rings. The van der Waals surface area contributed by atoms with Gasteiger partial charge in [0.15, 0.2) is 0 Å². The summed E-state index contributed by atoms with van der Waals surface area (Å²) in [5.41, 5.74) is 0.432. The summed E-state index contributed by atoms with van der Waals surface area (Å²) in [6.45, 7) is 6.80. The molecule has 0 aromatic heterocycles. The highest BCUT2D eigenvalue weighted by Gasteiger charge is 2.25. The molecule has 3 nitrogen and oxygen atoms in total. The van der Waals surface area contributed by atoms with E-state index < -0.39 is 23.6 Å². The number of hydrogen-bond acceptors (Lipinski definition) is 2. The summed E-state index contributed by atoms with van der Waals surface area (Å²) in [4.78, 5) is 12.6. The molecule has 0 saturated carbocycles. The predicted octanol–water partition coefficient (Wildman–Crippen LogP) is 3.52. The van der Waals surface area contributed by atoms with Crippen molar-refractivity contribution in [3.05, 3.63) is 34.9 Å². The summed E-state index contributed by atoms with van der Waals surface area (Å²) < 4.78 is 27.6. The van der Waals surface area contributed by atoms with Crippen LogP contribution in [0.1, 0.15) is 44.4 Å². The quantitative estimate of drug-likeness (QED) is 0.869. The molecule has 2 atom stereocenters. The highest BCUT2D eigenvalue weighted by atomic mass is 19.1. The fraction of sp³-hybridized carbons (Fsp3) is 0.533. The van der Waals surface area contributed by atoms with Gasteiger partial charge in [-0.25, -0.2) is 8.78 Å². The summed E-state index contributed by atoms with van der Waals surface area (Å²) in [6.07, 6.45) is 0.730. The molecule has 5 heteroatoms. The van der Waals surface area contributed by atoms with E-state index in [2.05, 4.69) is 0 Å². The average Bonchev–Trinajstić information content (AvgIpc) is 2.38. The van der Waals surface area contributed by atoms with Crippen LogP contribution in [0.5, 0.6) is 0 Å². The smallest absolute Gasteiger partial charge is 0.317 e. The lowest BCUT2D eigenvalue weighted by Gasteiger charge is -2.33. The Hall–Kier alpha value is -1.49. The molecule has 0 spiro atoms. The molecule has 0 heterocycles. The first-order valence-electron chi connectivity index (χ1n) is 6.71. The van der Waals surface area contributed by atoms with Gasteiger partial charge >= 0.3 is 5.97 Å². The van der Waals surface area contributed by atoms with E-state index in [-0.39, 0.29) is 23.7 Å². The van der Waals surface area contributed by atoms with E-state index in [0.717, 1.165) is 18.6 Å². The number of carboxylic acid groups (broad SMARTS) is 1. The highest BCUT2D eigenvalue weighted by Crippen LogP contribution is 2.27. The lowest BCUT2D eigenvalue weighted by Crippen LogP contribution is -2.39. The number of halogens is 2. The first kappa shape index (κ1) is 16.6. The van der Waals surface area contributed by atoms with E-state index in [0.29, 0.717) is 0 Å². The molecule has 1 aromatic carbocycles. The van der Waals surface area contributed by atoms with Crippen LogP contribution < -0.4 is 0 Å². The molecule has 0 fully saturated rings. The fourth-order valence-corrected chi connectivity index (χ4v) is 2.23. The van der Waals surface area contributed by atoms with Gasteiger partial charge in [-0.2, -0.15) is 0 Å². The lowest BCUT2D eigenvalue weighted by molar-refractivity contribution is -0.139. The van der Waals surface area contributed by atoms with Crippen molar-refractivity contribution >= 4 is 5.97 Å². The number of carbonyl (C=O) groups is 1. The van der Waals surface area contributed by atoms with Crippen molar-refractivity contribution in [2.75, 3.05) is 6.54 Å². The van der Waals surface area contributed by atoms with Gasteiger partial charge in [0.2, 0.25) is 0 Å². The average molecular weight is 285 g/mol. The van der Waals surface area contributed by atoms with Gasteiger partial charge in [0.25, 0.3) is 0 Å². The Morgan fingerprint density at radius 3 is 2.40 bits per heavy atom. The third kappa shape index (κ3) is 3.76. The first-order valence-corrected chi connectivity index (χ1v) is 6.71. The Labute approximate surface area is 118 Å². The van der Waals surface area contributed by atoms with E-state index in [1.54, 1.807) is 11.8 Å². The zero-order valence-corrected chi connectivity index (χ0v) is 12.3.